The van der Waals surface area contributed by atoms with E-state index in [2.05, 4.69) is 0 Å². The van der Waals surface area contributed by atoms with Crippen LogP contribution in [0, 0.1) is 0 Å². The third-order valence-corrected chi connectivity index (χ3v) is 1.51. The van der Waals surface area contributed by atoms with Crippen LogP contribution < -0.4 is 5.73 Å². The number of unbranched alkanes of at least 4 members (excludes halogenated alkanes) is 1. The van der Waals surface area contributed by atoms with Crippen molar-refractivity contribution < 1.29 is 10.2 Å². The number of hydrogen-bond donors (Lipinski definition) is 3. The van der Waals surface area contributed by atoms with E-state index in [1.807, 2.05) is 6.92 Å². The Labute approximate surface area is 61.9 Å². The van der Waals surface area contributed by atoms with Gasteiger partial charge in [-0.15, -0.1) is 0 Å². The maximum Gasteiger partial charge on any atom is 0.115 e. The first-order chi connectivity index (χ1) is 4.62. The highest BCUT2D eigenvalue weighted by Crippen LogP contribution is 2.10. The van der Waals surface area contributed by atoms with Crippen molar-refractivity contribution in [2.75, 3.05) is 6.61 Å². The van der Waals surface area contributed by atoms with Gasteiger partial charge in [0.25, 0.3) is 0 Å². The van der Waals surface area contributed by atoms with Crippen molar-refractivity contribution in [2.24, 2.45) is 5.73 Å². The Bertz CT molecular complexity index is 83.7. The fourth-order valence-corrected chi connectivity index (χ4v) is 0.802. The normalized spacial score (nSPS) is 16.8. The van der Waals surface area contributed by atoms with Crippen LogP contribution in [0.4, 0.5) is 0 Å². The molecular weight excluding hydrogens is 130 g/mol. The SMILES string of the molecule is CCCC[C@](N)(O)CCO. The Morgan fingerprint density at radius 2 is 2.00 bits per heavy atom. The zero-order valence-electron chi connectivity index (χ0n) is 6.51. The first kappa shape index (κ1) is 9.88. The number of nitrogens with two attached hydrogens (primary N) is 1. The summed E-state index contributed by atoms with van der Waals surface area (Å²) in [4.78, 5) is 0. The Morgan fingerprint density at radius 3 is 2.40 bits per heavy atom. The van der Waals surface area contributed by atoms with E-state index in [0.717, 1.165) is 12.8 Å². The van der Waals surface area contributed by atoms with E-state index < -0.39 is 5.72 Å². The summed E-state index contributed by atoms with van der Waals surface area (Å²) in [6, 6.07) is 0. The van der Waals surface area contributed by atoms with E-state index in [1.54, 1.807) is 0 Å². The molecule has 0 aliphatic rings. The fraction of sp³-hybridized carbons (Fsp3) is 1.00. The average Bonchev–Trinajstić information content (AvgIpc) is 1.84. The maximum absolute atomic E-state index is 9.26. The quantitative estimate of drug-likeness (QED) is 0.487. The Balaban J connectivity index is 3.42. The standard InChI is InChI=1S/C7H17NO2/c1-2-3-4-7(8,10)5-6-9/h9-10H,2-6,8H2,1H3/t7-/m0/s1. The van der Waals surface area contributed by atoms with Gasteiger partial charge in [-0.2, -0.15) is 0 Å². The van der Waals surface area contributed by atoms with Crippen LogP contribution in [0.2, 0.25) is 0 Å². The first-order valence-electron chi connectivity index (χ1n) is 3.74. The Hall–Kier alpha value is -0.120. The lowest BCUT2D eigenvalue weighted by Gasteiger charge is -2.21. The molecule has 0 saturated carbocycles. The molecule has 0 aliphatic heterocycles. The molecule has 0 radical (unpaired) electrons. The Morgan fingerprint density at radius 1 is 1.40 bits per heavy atom. The third-order valence-electron chi connectivity index (χ3n) is 1.51. The molecule has 0 fully saturated rings. The number of aliphatic hydroxyl groups is 2. The van der Waals surface area contributed by atoms with Gasteiger partial charge < -0.3 is 15.9 Å². The molecule has 0 aromatic carbocycles. The molecule has 0 bridgehead atoms. The van der Waals surface area contributed by atoms with Crippen LogP contribution in [0.3, 0.4) is 0 Å². The van der Waals surface area contributed by atoms with E-state index in [0.29, 0.717) is 6.42 Å². The molecule has 0 spiro atoms. The molecule has 0 saturated heterocycles. The minimum Gasteiger partial charge on any atom is -0.396 e. The predicted octanol–water partition coefficient (Wildman–Crippen LogP) is 0.206. The molecule has 0 rings (SSSR count). The van der Waals surface area contributed by atoms with Crippen LogP contribution in [0.5, 0.6) is 0 Å². The Kier molecular flexibility index (Phi) is 4.60. The summed E-state index contributed by atoms with van der Waals surface area (Å²) >= 11 is 0. The van der Waals surface area contributed by atoms with Crippen molar-refractivity contribution >= 4 is 0 Å². The number of hydrogen-bond acceptors (Lipinski definition) is 3. The zero-order valence-corrected chi connectivity index (χ0v) is 6.51. The smallest absolute Gasteiger partial charge is 0.115 e. The summed E-state index contributed by atoms with van der Waals surface area (Å²) in [7, 11) is 0. The van der Waals surface area contributed by atoms with E-state index in [4.69, 9.17) is 10.8 Å². The van der Waals surface area contributed by atoms with Crippen LogP contribution in [0.25, 0.3) is 0 Å². The van der Waals surface area contributed by atoms with Gasteiger partial charge >= 0.3 is 0 Å². The van der Waals surface area contributed by atoms with Gasteiger partial charge in [-0.25, -0.2) is 0 Å². The van der Waals surface area contributed by atoms with Gasteiger partial charge in [0, 0.05) is 13.0 Å². The van der Waals surface area contributed by atoms with Gasteiger partial charge in [0.15, 0.2) is 0 Å². The van der Waals surface area contributed by atoms with Crippen LogP contribution in [0.15, 0.2) is 0 Å². The van der Waals surface area contributed by atoms with Gasteiger partial charge in [0.05, 0.1) is 0 Å². The topological polar surface area (TPSA) is 66.5 Å². The molecule has 1 atom stereocenters. The average molecular weight is 147 g/mol. The summed E-state index contributed by atoms with van der Waals surface area (Å²) in [5.41, 5.74) is 4.26. The molecule has 62 valence electrons. The summed E-state index contributed by atoms with van der Waals surface area (Å²) in [6.07, 6.45) is 2.77. The number of aliphatic hydroxyl groups excluding tert-OH is 1. The highest BCUT2D eigenvalue weighted by molar-refractivity contribution is 4.69. The van der Waals surface area contributed by atoms with Gasteiger partial charge in [-0.1, -0.05) is 13.3 Å². The second kappa shape index (κ2) is 4.66. The van der Waals surface area contributed by atoms with Crippen molar-refractivity contribution in [3.8, 4) is 0 Å². The molecule has 3 nitrogen and oxygen atoms in total. The van der Waals surface area contributed by atoms with Gasteiger partial charge in [-0.05, 0) is 12.8 Å². The lowest BCUT2D eigenvalue weighted by Crippen LogP contribution is -2.40. The zero-order chi connectivity index (χ0) is 8.04. The third kappa shape index (κ3) is 4.73. The molecule has 0 aliphatic carbocycles. The minimum atomic E-state index is -1.15. The van der Waals surface area contributed by atoms with Crippen molar-refractivity contribution in [3.63, 3.8) is 0 Å². The number of rotatable bonds is 5. The van der Waals surface area contributed by atoms with E-state index in [-0.39, 0.29) is 13.0 Å². The minimum absolute atomic E-state index is 0.0449. The molecule has 0 amide bonds. The summed E-state index contributed by atoms with van der Waals surface area (Å²) in [5, 5.41) is 17.7. The van der Waals surface area contributed by atoms with Crippen molar-refractivity contribution in [1.82, 2.24) is 0 Å². The highest BCUT2D eigenvalue weighted by Gasteiger charge is 2.18. The lowest BCUT2D eigenvalue weighted by atomic mass is 10.0. The van der Waals surface area contributed by atoms with Crippen LogP contribution >= 0.6 is 0 Å². The first-order valence-corrected chi connectivity index (χ1v) is 3.74. The van der Waals surface area contributed by atoms with Crippen LogP contribution in [-0.4, -0.2) is 22.5 Å². The lowest BCUT2D eigenvalue weighted by molar-refractivity contribution is 0.0119. The van der Waals surface area contributed by atoms with E-state index in [1.165, 1.54) is 0 Å². The van der Waals surface area contributed by atoms with E-state index in [9.17, 15) is 5.11 Å². The summed E-state index contributed by atoms with van der Waals surface area (Å²) in [6.45, 7) is 1.99. The molecule has 3 heteroatoms. The van der Waals surface area contributed by atoms with Crippen molar-refractivity contribution in [1.29, 1.82) is 0 Å². The second-order valence-electron chi connectivity index (χ2n) is 2.68. The van der Waals surface area contributed by atoms with Crippen LogP contribution in [0.1, 0.15) is 32.6 Å². The maximum atomic E-state index is 9.26. The monoisotopic (exact) mass is 147 g/mol. The summed E-state index contributed by atoms with van der Waals surface area (Å²) in [5.74, 6) is 0. The van der Waals surface area contributed by atoms with Gasteiger partial charge in [0.1, 0.15) is 5.72 Å². The van der Waals surface area contributed by atoms with Crippen molar-refractivity contribution in [2.45, 2.75) is 38.3 Å². The molecular formula is C7H17NO2. The summed E-state index contributed by atoms with van der Waals surface area (Å²) < 4.78 is 0. The van der Waals surface area contributed by atoms with Crippen LogP contribution in [-0.2, 0) is 0 Å². The predicted molar refractivity (Wildman–Crippen MR) is 40.4 cm³/mol. The molecule has 0 heterocycles. The highest BCUT2D eigenvalue weighted by atomic mass is 16.3. The second-order valence-corrected chi connectivity index (χ2v) is 2.68. The fourth-order valence-electron chi connectivity index (χ4n) is 0.802. The molecule has 0 unspecified atom stereocenters. The largest absolute Gasteiger partial charge is 0.396 e. The molecule has 0 aromatic heterocycles. The van der Waals surface area contributed by atoms with E-state index >= 15 is 0 Å². The van der Waals surface area contributed by atoms with Gasteiger partial charge in [0.2, 0.25) is 0 Å². The molecule has 4 N–H and O–H groups in total. The molecule has 10 heavy (non-hydrogen) atoms. The van der Waals surface area contributed by atoms with Gasteiger partial charge in [-0.3, -0.25) is 0 Å². The van der Waals surface area contributed by atoms with Crippen molar-refractivity contribution in [3.05, 3.63) is 0 Å². The molecule has 0 aromatic rings.